The molecule has 9 heteroatoms. The van der Waals surface area contributed by atoms with E-state index in [2.05, 4.69) is 25.5 Å². The summed E-state index contributed by atoms with van der Waals surface area (Å²) in [6.45, 7) is 0. The van der Waals surface area contributed by atoms with Crippen molar-refractivity contribution < 1.29 is 14.7 Å². The van der Waals surface area contributed by atoms with Gasteiger partial charge in [-0.15, -0.1) is 0 Å². The summed E-state index contributed by atoms with van der Waals surface area (Å²) in [5.41, 5.74) is 0.829. The minimum absolute atomic E-state index is 0.172. The first kappa shape index (κ1) is 13.9. The molecular weight excluding hydrogens is 306 g/mol. The van der Waals surface area contributed by atoms with E-state index in [1.54, 1.807) is 24.5 Å². The van der Waals surface area contributed by atoms with E-state index in [0.29, 0.717) is 10.6 Å². The quantitative estimate of drug-likeness (QED) is 0.676. The number of aromatic carboxylic acids is 1. The average molecular weight is 315 g/mol. The van der Waals surface area contributed by atoms with Crippen molar-refractivity contribution in [1.82, 2.24) is 20.2 Å². The molecule has 22 heavy (non-hydrogen) atoms. The van der Waals surface area contributed by atoms with Crippen LogP contribution in [0.15, 0.2) is 36.9 Å². The van der Waals surface area contributed by atoms with Crippen LogP contribution in [0, 0.1) is 0 Å². The number of nitrogens with zero attached hydrogens (tertiary/aromatic N) is 3. The van der Waals surface area contributed by atoms with Gasteiger partial charge in [0.1, 0.15) is 10.0 Å². The van der Waals surface area contributed by atoms with Crippen molar-refractivity contribution in [3.05, 3.63) is 48.2 Å². The third-order valence-electron chi connectivity index (χ3n) is 2.74. The summed E-state index contributed by atoms with van der Waals surface area (Å²) in [6, 6.07) is 3.43. The largest absolute Gasteiger partial charge is 0.476 e. The highest BCUT2D eigenvalue weighted by atomic mass is 32.1. The number of pyridine rings is 1. The van der Waals surface area contributed by atoms with Crippen LogP contribution in [0.25, 0.3) is 10.6 Å². The number of carbonyl (C=O) groups excluding carboxylic acids is 1. The monoisotopic (exact) mass is 315 g/mol. The molecule has 0 aliphatic rings. The van der Waals surface area contributed by atoms with Crippen LogP contribution in [0.2, 0.25) is 0 Å². The second-order valence-electron chi connectivity index (χ2n) is 4.18. The Morgan fingerprint density at radius 1 is 1.27 bits per heavy atom. The number of carbonyl (C=O) groups is 2. The minimum Gasteiger partial charge on any atom is -0.476 e. The van der Waals surface area contributed by atoms with Gasteiger partial charge in [0.15, 0.2) is 5.69 Å². The highest BCUT2D eigenvalue weighted by Crippen LogP contribution is 2.32. The van der Waals surface area contributed by atoms with Gasteiger partial charge in [-0.1, -0.05) is 11.3 Å². The van der Waals surface area contributed by atoms with Gasteiger partial charge in [0.25, 0.3) is 5.91 Å². The van der Waals surface area contributed by atoms with Gasteiger partial charge in [-0.2, -0.15) is 5.10 Å². The molecule has 0 spiro atoms. The van der Waals surface area contributed by atoms with Crippen LogP contribution in [-0.4, -0.2) is 37.1 Å². The molecule has 0 atom stereocenters. The van der Waals surface area contributed by atoms with Crippen molar-refractivity contribution >= 4 is 28.2 Å². The molecule has 0 fully saturated rings. The van der Waals surface area contributed by atoms with Crippen LogP contribution in [-0.2, 0) is 0 Å². The molecule has 3 aromatic rings. The molecule has 0 bridgehead atoms. The van der Waals surface area contributed by atoms with E-state index in [1.807, 2.05) is 0 Å². The van der Waals surface area contributed by atoms with E-state index in [-0.39, 0.29) is 10.7 Å². The average Bonchev–Trinajstić information content (AvgIpc) is 3.17. The summed E-state index contributed by atoms with van der Waals surface area (Å²) >= 11 is 1.08. The lowest BCUT2D eigenvalue weighted by atomic mass is 10.3. The minimum atomic E-state index is -1.21. The maximum absolute atomic E-state index is 12.0. The molecular formula is C13H9N5O3S. The van der Waals surface area contributed by atoms with E-state index >= 15 is 0 Å². The zero-order chi connectivity index (χ0) is 15.5. The molecule has 1 amide bonds. The second-order valence-corrected chi connectivity index (χ2v) is 5.18. The summed E-state index contributed by atoms with van der Waals surface area (Å²) in [5.74, 6) is -1.67. The van der Waals surface area contributed by atoms with Crippen LogP contribution >= 0.6 is 11.3 Å². The molecule has 0 radical (unpaired) electrons. The van der Waals surface area contributed by atoms with Crippen LogP contribution in [0.3, 0.4) is 0 Å². The topological polar surface area (TPSA) is 121 Å². The van der Waals surface area contributed by atoms with Crippen LogP contribution in [0.4, 0.5) is 5.00 Å². The molecule has 3 heterocycles. The number of rotatable bonds is 4. The number of hydrogen-bond donors (Lipinski definition) is 3. The molecule has 0 saturated carbocycles. The Morgan fingerprint density at radius 2 is 2.05 bits per heavy atom. The van der Waals surface area contributed by atoms with E-state index in [1.165, 1.54) is 12.4 Å². The molecule has 110 valence electrons. The van der Waals surface area contributed by atoms with Gasteiger partial charge in [-0.05, 0) is 12.1 Å². The van der Waals surface area contributed by atoms with Crippen LogP contribution in [0.1, 0.15) is 20.8 Å². The van der Waals surface area contributed by atoms with Crippen molar-refractivity contribution in [2.45, 2.75) is 0 Å². The lowest BCUT2D eigenvalue weighted by molar-refractivity contribution is 0.0692. The van der Waals surface area contributed by atoms with Crippen molar-refractivity contribution in [1.29, 1.82) is 0 Å². The number of thiazole rings is 1. The Bertz CT molecular complexity index is 814. The number of aromatic nitrogens is 4. The molecule has 0 aromatic carbocycles. The lowest BCUT2D eigenvalue weighted by Crippen LogP contribution is -2.12. The Hall–Kier alpha value is -3.07. The Balaban J connectivity index is 1.95. The maximum Gasteiger partial charge on any atom is 0.357 e. The van der Waals surface area contributed by atoms with Crippen molar-refractivity contribution in [2.75, 3.05) is 5.32 Å². The number of anilines is 1. The standard InChI is InChI=1S/C13H9N5O3S/c19-10(8-5-15-16-6-8)18-12-9(13(20)21)17-11(22-12)7-1-3-14-4-2-7/h1-6H,(H,15,16)(H,18,19)(H,20,21). The first-order valence-corrected chi connectivity index (χ1v) is 6.91. The van der Waals surface area contributed by atoms with Gasteiger partial charge >= 0.3 is 5.97 Å². The summed E-state index contributed by atoms with van der Waals surface area (Å²) in [5, 5.41) is 18.6. The third-order valence-corrected chi connectivity index (χ3v) is 3.76. The fraction of sp³-hybridized carbons (Fsp3) is 0. The van der Waals surface area contributed by atoms with Gasteiger partial charge in [0, 0.05) is 24.2 Å². The first-order chi connectivity index (χ1) is 10.6. The maximum atomic E-state index is 12.0. The van der Waals surface area contributed by atoms with Gasteiger partial charge in [0.05, 0.1) is 11.8 Å². The summed E-state index contributed by atoms with van der Waals surface area (Å²) in [4.78, 5) is 31.3. The van der Waals surface area contributed by atoms with E-state index in [4.69, 9.17) is 0 Å². The SMILES string of the molecule is O=C(Nc1sc(-c2ccncc2)nc1C(=O)O)c1cn[nH]c1. The first-order valence-electron chi connectivity index (χ1n) is 6.10. The van der Waals surface area contributed by atoms with E-state index in [0.717, 1.165) is 16.9 Å². The number of H-pyrrole nitrogens is 1. The lowest BCUT2D eigenvalue weighted by Gasteiger charge is -2.00. The van der Waals surface area contributed by atoms with Crippen molar-refractivity contribution in [3.63, 3.8) is 0 Å². The molecule has 0 saturated heterocycles. The van der Waals surface area contributed by atoms with Crippen LogP contribution in [0.5, 0.6) is 0 Å². The second kappa shape index (κ2) is 5.74. The number of nitrogens with one attached hydrogen (secondary N) is 2. The Kier molecular flexibility index (Phi) is 3.62. The van der Waals surface area contributed by atoms with E-state index in [9.17, 15) is 14.7 Å². The van der Waals surface area contributed by atoms with Gasteiger partial charge in [-0.3, -0.25) is 14.9 Å². The molecule has 0 aliphatic heterocycles. The summed E-state index contributed by atoms with van der Waals surface area (Å²) in [6.07, 6.45) is 5.93. The van der Waals surface area contributed by atoms with Crippen LogP contribution < -0.4 is 5.32 Å². The Morgan fingerprint density at radius 3 is 2.68 bits per heavy atom. The third kappa shape index (κ3) is 2.69. The van der Waals surface area contributed by atoms with Crippen molar-refractivity contribution in [2.24, 2.45) is 0 Å². The summed E-state index contributed by atoms with van der Waals surface area (Å²) < 4.78 is 0. The molecule has 8 nitrogen and oxygen atoms in total. The van der Waals surface area contributed by atoms with E-state index < -0.39 is 11.9 Å². The van der Waals surface area contributed by atoms with Gasteiger partial charge in [0.2, 0.25) is 0 Å². The van der Waals surface area contributed by atoms with Crippen molar-refractivity contribution in [3.8, 4) is 10.6 Å². The zero-order valence-electron chi connectivity index (χ0n) is 11.0. The molecule has 0 aliphatic carbocycles. The fourth-order valence-corrected chi connectivity index (χ4v) is 2.68. The Labute approximate surface area is 127 Å². The highest BCUT2D eigenvalue weighted by molar-refractivity contribution is 7.19. The number of aromatic amines is 1. The fourth-order valence-electron chi connectivity index (χ4n) is 1.72. The number of carboxylic acid groups (broad SMARTS) is 1. The highest BCUT2D eigenvalue weighted by Gasteiger charge is 2.20. The number of carboxylic acids is 1. The van der Waals surface area contributed by atoms with Gasteiger partial charge in [-0.25, -0.2) is 9.78 Å². The molecule has 3 N–H and O–H groups in total. The number of hydrogen-bond acceptors (Lipinski definition) is 6. The molecule has 0 unspecified atom stereocenters. The predicted molar refractivity (Wildman–Crippen MR) is 78.8 cm³/mol. The normalized spacial score (nSPS) is 10.4. The molecule has 3 aromatic heterocycles. The van der Waals surface area contributed by atoms with Gasteiger partial charge < -0.3 is 10.4 Å². The predicted octanol–water partition coefficient (Wildman–Crippen LogP) is 1.88. The smallest absolute Gasteiger partial charge is 0.357 e. The molecule has 3 rings (SSSR count). The zero-order valence-corrected chi connectivity index (χ0v) is 11.8. The number of amides is 1. The summed E-state index contributed by atoms with van der Waals surface area (Å²) in [7, 11) is 0.